The van der Waals surface area contributed by atoms with Gasteiger partial charge in [0.1, 0.15) is 6.04 Å². The maximum absolute atomic E-state index is 12.5. The summed E-state index contributed by atoms with van der Waals surface area (Å²) in [6.07, 6.45) is -0.0904. The van der Waals surface area contributed by atoms with Gasteiger partial charge in [0.25, 0.3) is 0 Å². The molecule has 128 valence electrons. The fraction of sp³-hybridized carbons (Fsp3) is 0.688. The van der Waals surface area contributed by atoms with Gasteiger partial charge >= 0.3 is 0 Å². The SMILES string of the molecule is C[C@H]1OCCN[C@@H]1C(=O)NCC(c1cccs1)N1CCOCC1. The van der Waals surface area contributed by atoms with E-state index in [1.807, 2.05) is 6.92 Å². The molecule has 3 atom stereocenters. The van der Waals surface area contributed by atoms with E-state index in [-0.39, 0.29) is 24.1 Å². The summed E-state index contributed by atoms with van der Waals surface area (Å²) in [6.45, 7) is 7.26. The molecule has 1 unspecified atom stereocenters. The van der Waals surface area contributed by atoms with Crippen LogP contribution in [0, 0.1) is 0 Å². The third kappa shape index (κ3) is 4.30. The van der Waals surface area contributed by atoms with Crippen LogP contribution in [0.2, 0.25) is 0 Å². The van der Waals surface area contributed by atoms with Crippen LogP contribution < -0.4 is 10.6 Å². The normalized spacial score (nSPS) is 27.5. The monoisotopic (exact) mass is 339 g/mol. The minimum Gasteiger partial charge on any atom is -0.379 e. The Morgan fingerprint density at radius 1 is 1.48 bits per heavy atom. The molecule has 2 aliphatic rings. The average Bonchev–Trinajstić information content (AvgIpc) is 3.10. The van der Waals surface area contributed by atoms with Crippen LogP contribution in [0.15, 0.2) is 17.5 Å². The smallest absolute Gasteiger partial charge is 0.239 e. The molecule has 0 spiro atoms. The molecule has 0 radical (unpaired) electrons. The standard InChI is InChI=1S/C16H25N3O3S/c1-12-15(17-4-7-22-12)16(20)18-11-13(14-3-2-10-23-14)19-5-8-21-9-6-19/h2-3,10,12-13,15,17H,4-9,11H2,1H3,(H,18,20)/t12-,13?,15+/m1/s1. The fourth-order valence-electron chi connectivity index (χ4n) is 3.11. The number of nitrogens with zero attached hydrogens (tertiary/aromatic N) is 1. The molecule has 3 rings (SSSR count). The van der Waals surface area contributed by atoms with E-state index in [9.17, 15) is 4.79 Å². The predicted octanol–water partition coefficient (Wildman–Crippen LogP) is 0.615. The van der Waals surface area contributed by atoms with Crippen LogP contribution in [-0.4, -0.2) is 69.0 Å². The van der Waals surface area contributed by atoms with E-state index in [0.717, 1.165) is 32.8 Å². The number of rotatable bonds is 5. The highest BCUT2D eigenvalue weighted by Crippen LogP contribution is 2.25. The summed E-state index contributed by atoms with van der Waals surface area (Å²) in [7, 11) is 0. The van der Waals surface area contributed by atoms with E-state index in [4.69, 9.17) is 9.47 Å². The molecule has 0 saturated carbocycles. The number of thiophene rings is 1. The van der Waals surface area contributed by atoms with Crippen molar-refractivity contribution < 1.29 is 14.3 Å². The molecule has 2 aliphatic heterocycles. The van der Waals surface area contributed by atoms with Crippen molar-refractivity contribution in [3.63, 3.8) is 0 Å². The lowest BCUT2D eigenvalue weighted by Gasteiger charge is -2.35. The fourth-order valence-corrected chi connectivity index (χ4v) is 3.98. The number of hydrogen-bond donors (Lipinski definition) is 2. The first-order valence-corrected chi connectivity index (χ1v) is 9.11. The highest BCUT2D eigenvalue weighted by atomic mass is 32.1. The van der Waals surface area contributed by atoms with Gasteiger partial charge in [0.2, 0.25) is 5.91 Å². The van der Waals surface area contributed by atoms with Crippen molar-refractivity contribution in [1.82, 2.24) is 15.5 Å². The Morgan fingerprint density at radius 2 is 2.30 bits per heavy atom. The molecular weight excluding hydrogens is 314 g/mol. The van der Waals surface area contributed by atoms with Crippen LogP contribution in [0.3, 0.4) is 0 Å². The zero-order valence-corrected chi connectivity index (χ0v) is 14.3. The summed E-state index contributed by atoms with van der Waals surface area (Å²) in [5, 5.41) is 8.44. The summed E-state index contributed by atoms with van der Waals surface area (Å²) in [6, 6.07) is 4.15. The Balaban J connectivity index is 1.60. The van der Waals surface area contributed by atoms with Gasteiger partial charge in [-0.2, -0.15) is 0 Å². The van der Waals surface area contributed by atoms with E-state index < -0.39 is 0 Å². The minimum absolute atomic E-state index is 0.0204. The van der Waals surface area contributed by atoms with Crippen LogP contribution in [0.25, 0.3) is 0 Å². The largest absolute Gasteiger partial charge is 0.379 e. The minimum atomic E-state index is -0.266. The molecule has 3 heterocycles. The molecule has 1 amide bonds. The van der Waals surface area contributed by atoms with Gasteiger partial charge in [-0.3, -0.25) is 9.69 Å². The number of hydrogen-bond acceptors (Lipinski definition) is 6. The molecule has 1 aromatic heterocycles. The molecule has 0 bridgehead atoms. The summed E-state index contributed by atoms with van der Waals surface area (Å²) in [5.74, 6) is 0.0204. The number of morpholine rings is 2. The number of carbonyl (C=O) groups is 1. The molecule has 1 aromatic rings. The first-order valence-electron chi connectivity index (χ1n) is 8.23. The molecule has 2 saturated heterocycles. The van der Waals surface area contributed by atoms with Crippen molar-refractivity contribution in [2.24, 2.45) is 0 Å². The van der Waals surface area contributed by atoms with Gasteiger partial charge in [0.15, 0.2) is 0 Å². The third-order valence-electron chi connectivity index (χ3n) is 4.43. The Bertz CT molecular complexity index is 491. The maximum Gasteiger partial charge on any atom is 0.239 e. The van der Waals surface area contributed by atoms with Gasteiger partial charge in [0.05, 0.1) is 32.0 Å². The Kier molecular flexibility index (Phi) is 6.02. The van der Waals surface area contributed by atoms with Crippen molar-refractivity contribution in [2.45, 2.75) is 25.1 Å². The molecule has 23 heavy (non-hydrogen) atoms. The lowest BCUT2D eigenvalue weighted by atomic mass is 10.1. The van der Waals surface area contributed by atoms with E-state index in [1.54, 1.807) is 11.3 Å². The van der Waals surface area contributed by atoms with Crippen molar-refractivity contribution >= 4 is 17.2 Å². The van der Waals surface area contributed by atoms with Crippen molar-refractivity contribution in [2.75, 3.05) is 46.0 Å². The van der Waals surface area contributed by atoms with Crippen LogP contribution in [0.1, 0.15) is 17.8 Å². The second kappa shape index (κ2) is 8.21. The molecule has 2 fully saturated rings. The van der Waals surface area contributed by atoms with E-state index in [0.29, 0.717) is 13.2 Å². The van der Waals surface area contributed by atoms with Gasteiger partial charge in [0, 0.05) is 31.1 Å². The maximum atomic E-state index is 12.5. The van der Waals surface area contributed by atoms with Crippen LogP contribution in [0.4, 0.5) is 0 Å². The molecule has 2 N–H and O–H groups in total. The summed E-state index contributed by atoms with van der Waals surface area (Å²) in [4.78, 5) is 16.1. The van der Waals surface area contributed by atoms with Gasteiger partial charge in [-0.15, -0.1) is 11.3 Å². The zero-order valence-electron chi connectivity index (χ0n) is 13.5. The van der Waals surface area contributed by atoms with E-state index >= 15 is 0 Å². The van der Waals surface area contributed by atoms with Gasteiger partial charge < -0.3 is 20.1 Å². The highest BCUT2D eigenvalue weighted by Gasteiger charge is 2.30. The Hall–Kier alpha value is -0.990. The van der Waals surface area contributed by atoms with E-state index in [1.165, 1.54) is 4.88 Å². The number of amides is 1. The summed E-state index contributed by atoms with van der Waals surface area (Å²) >= 11 is 1.74. The molecule has 0 aromatic carbocycles. The summed E-state index contributed by atoms with van der Waals surface area (Å²) < 4.78 is 11.0. The first kappa shape index (κ1) is 16.9. The van der Waals surface area contributed by atoms with Crippen molar-refractivity contribution in [3.8, 4) is 0 Å². The number of ether oxygens (including phenoxy) is 2. The zero-order chi connectivity index (χ0) is 16.1. The van der Waals surface area contributed by atoms with E-state index in [2.05, 4.69) is 33.0 Å². The van der Waals surface area contributed by atoms with Crippen molar-refractivity contribution in [1.29, 1.82) is 0 Å². The number of nitrogens with one attached hydrogen (secondary N) is 2. The van der Waals surface area contributed by atoms with Gasteiger partial charge in [-0.05, 0) is 18.4 Å². The van der Waals surface area contributed by atoms with Crippen LogP contribution in [-0.2, 0) is 14.3 Å². The Labute approximate surface area is 141 Å². The highest BCUT2D eigenvalue weighted by molar-refractivity contribution is 7.10. The topological polar surface area (TPSA) is 62.8 Å². The lowest BCUT2D eigenvalue weighted by molar-refractivity contribution is -0.129. The number of carbonyl (C=O) groups excluding carboxylic acids is 1. The quantitative estimate of drug-likeness (QED) is 0.823. The van der Waals surface area contributed by atoms with Crippen LogP contribution >= 0.6 is 11.3 Å². The molecule has 0 aliphatic carbocycles. The first-order chi connectivity index (χ1) is 11.3. The molecular formula is C16H25N3O3S. The molecule has 7 heteroatoms. The van der Waals surface area contributed by atoms with Gasteiger partial charge in [-0.25, -0.2) is 0 Å². The van der Waals surface area contributed by atoms with Crippen molar-refractivity contribution in [3.05, 3.63) is 22.4 Å². The van der Waals surface area contributed by atoms with Crippen LogP contribution in [0.5, 0.6) is 0 Å². The lowest BCUT2D eigenvalue weighted by Crippen LogP contribution is -2.56. The Morgan fingerprint density at radius 3 is 3.00 bits per heavy atom. The van der Waals surface area contributed by atoms with Gasteiger partial charge in [-0.1, -0.05) is 6.07 Å². The average molecular weight is 339 g/mol. The second-order valence-electron chi connectivity index (χ2n) is 5.93. The predicted molar refractivity (Wildman–Crippen MR) is 89.7 cm³/mol. The third-order valence-corrected chi connectivity index (χ3v) is 5.40. The molecule has 6 nitrogen and oxygen atoms in total. The second-order valence-corrected chi connectivity index (χ2v) is 6.91. The summed E-state index contributed by atoms with van der Waals surface area (Å²) in [5.41, 5.74) is 0.